The summed E-state index contributed by atoms with van der Waals surface area (Å²) in [6.45, 7) is 9.59. The second-order valence-corrected chi connectivity index (χ2v) is 9.50. The van der Waals surface area contributed by atoms with Gasteiger partial charge in [-0.25, -0.2) is 19.0 Å². The predicted molar refractivity (Wildman–Crippen MR) is 137 cm³/mol. The maximum absolute atomic E-state index is 13.5. The van der Waals surface area contributed by atoms with E-state index in [1.165, 1.54) is 0 Å². The highest BCUT2D eigenvalue weighted by molar-refractivity contribution is 6.07. The molecule has 1 aliphatic carbocycles. The van der Waals surface area contributed by atoms with Crippen molar-refractivity contribution in [1.82, 2.24) is 29.9 Å². The van der Waals surface area contributed by atoms with Gasteiger partial charge in [0.25, 0.3) is 0 Å². The maximum Gasteiger partial charge on any atom is 0.188 e. The Bertz CT molecular complexity index is 1530. The van der Waals surface area contributed by atoms with Crippen LogP contribution in [0.1, 0.15) is 61.6 Å². The van der Waals surface area contributed by atoms with Gasteiger partial charge in [0.2, 0.25) is 0 Å². The normalized spacial score (nSPS) is 13.4. The fourth-order valence-electron chi connectivity index (χ4n) is 4.48. The molecule has 0 spiro atoms. The number of aromatic nitrogens is 6. The zero-order valence-corrected chi connectivity index (χ0v) is 21.3. The van der Waals surface area contributed by atoms with Crippen LogP contribution in [0.25, 0.3) is 33.1 Å². The lowest BCUT2D eigenvalue weighted by atomic mass is 10.0. The molecule has 36 heavy (non-hydrogen) atoms. The zero-order valence-electron chi connectivity index (χ0n) is 21.3. The summed E-state index contributed by atoms with van der Waals surface area (Å²) in [7, 11) is 1.67. The average molecular weight is 492 g/mol. The Kier molecular flexibility index (Phi) is 5.89. The number of fused-ring (bicyclic) bond motifs is 3. The number of nitrogens with one attached hydrogen (secondary N) is 1. The van der Waals surface area contributed by atoms with Crippen LogP contribution in [-0.2, 0) is 0 Å². The lowest BCUT2D eigenvalue weighted by molar-refractivity contribution is 0.393. The van der Waals surface area contributed by atoms with E-state index < -0.39 is 0 Å². The minimum Gasteiger partial charge on any atom is -0.496 e. The van der Waals surface area contributed by atoms with E-state index in [0.29, 0.717) is 11.6 Å². The summed E-state index contributed by atoms with van der Waals surface area (Å²) < 4.78 is 25.9. The van der Waals surface area contributed by atoms with Gasteiger partial charge >= 0.3 is 0 Å². The van der Waals surface area contributed by atoms with Gasteiger partial charge in [0, 0.05) is 40.0 Å². The van der Waals surface area contributed by atoms with E-state index in [-0.39, 0.29) is 17.7 Å². The first-order valence-corrected chi connectivity index (χ1v) is 12.0. The van der Waals surface area contributed by atoms with E-state index in [4.69, 9.17) is 15.0 Å². The molecule has 4 heterocycles. The molecule has 0 bridgehead atoms. The van der Waals surface area contributed by atoms with Gasteiger partial charge in [-0.05, 0) is 59.6 Å². The van der Waals surface area contributed by atoms with Crippen LogP contribution in [0.4, 0.5) is 10.2 Å². The van der Waals surface area contributed by atoms with Crippen LogP contribution in [0.15, 0.2) is 22.9 Å². The van der Waals surface area contributed by atoms with Crippen LogP contribution in [0.2, 0.25) is 0 Å². The predicted octanol–water partition coefficient (Wildman–Crippen LogP) is 5.76. The highest BCUT2D eigenvalue weighted by atomic mass is 19.1. The van der Waals surface area contributed by atoms with Crippen molar-refractivity contribution < 1.29 is 13.7 Å². The molecule has 4 aromatic heterocycles. The topological polar surface area (TPSA) is 121 Å². The largest absolute Gasteiger partial charge is 0.496 e. The summed E-state index contributed by atoms with van der Waals surface area (Å²) in [5.74, 6) is 2.47. The van der Waals surface area contributed by atoms with Crippen molar-refractivity contribution in [3.8, 4) is 16.9 Å². The molecular formula is C26H30FN7O2. The second-order valence-electron chi connectivity index (χ2n) is 9.50. The van der Waals surface area contributed by atoms with Crippen molar-refractivity contribution in [3.05, 3.63) is 47.1 Å². The summed E-state index contributed by atoms with van der Waals surface area (Å²) in [5.41, 5.74) is 10.7. The van der Waals surface area contributed by atoms with E-state index in [1.807, 2.05) is 46.9 Å². The minimum atomic E-state index is -0.309. The number of aromatic amines is 1. The number of H-pyrrole nitrogens is 1. The quantitative estimate of drug-likeness (QED) is 0.328. The number of anilines is 1. The van der Waals surface area contributed by atoms with Crippen molar-refractivity contribution in [2.75, 3.05) is 12.8 Å². The van der Waals surface area contributed by atoms with Crippen molar-refractivity contribution in [2.45, 2.75) is 59.4 Å². The first kappa shape index (κ1) is 23.8. The Hall–Kier alpha value is -3.95. The van der Waals surface area contributed by atoms with Crippen molar-refractivity contribution in [3.63, 3.8) is 0 Å². The minimum absolute atomic E-state index is 0.127. The van der Waals surface area contributed by atoms with Crippen molar-refractivity contribution in [2.24, 2.45) is 0 Å². The molecule has 0 atom stereocenters. The molecule has 10 heteroatoms. The Labute approximate surface area is 207 Å². The Morgan fingerprint density at radius 2 is 1.94 bits per heavy atom. The Morgan fingerprint density at radius 3 is 2.53 bits per heavy atom. The summed E-state index contributed by atoms with van der Waals surface area (Å²) in [6, 6.07) is 4.19. The van der Waals surface area contributed by atoms with Gasteiger partial charge in [-0.3, -0.25) is 0 Å². The number of rotatable bonds is 4. The van der Waals surface area contributed by atoms with Crippen LogP contribution >= 0.6 is 0 Å². The van der Waals surface area contributed by atoms with Gasteiger partial charge in [-0.2, -0.15) is 5.10 Å². The van der Waals surface area contributed by atoms with E-state index in [2.05, 4.69) is 31.3 Å². The number of hydrogen-bond donors (Lipinski definition) is 2. The highest BCUT2D eigenvalue weighted by Gasteiger charge is 2.32. The fraction of sp³-hybridized carbons (Fsp3) is 0.385. The number of aryl methyl sites for hydroxylation is 3. The second kappa shape index (κ2) is 8.92. The van der Waals surface area contributed by atoms with Gasteiger partial charge < -0.3 is 20.0 Å². The van der Waals surface area contributed by atoms with E-state index in [1.54, 1.807) is 11.8 Å². The molecule has 9 nitrogen and oxygen atoms in total. The lowest BCUT2D eigenvalue weighted by Gasteiger charge is -2.08. The van der Waals surface area contributed by atoms with Gasteiger partial charge in [-0.1, -0.05) is 5.16 Å². The smallest absolute Gasteiger partial charge is 0.188 e. The van der Waals surface area contributed by atoms with Crippen LogP contribution < -0.4 is 10.5 Å². The molecule has 1 aliphatic rings. The number of benzene rings is 1. The standard InChI is InChI=1S/C17H16N4O2.C9H14FN3/c1-8-16(9(2)23-21-8)12-5-14-11(6-15(12)22-4)13-7-18-10(3)19-17(13)20-14;1-5(2)13-9(11)7(10)8(12-13)6-3-4-6/h5-7H,1-4H3,(H,18,19,20);5-6H,3-4,11H2,1-2H3. The number of halogens is 1. The first-order valence-electron chi connectivity index (χ1n) is 12.0. The Balaban J connectivity index is 0.000000174. The van der Waals surface area contributed by atoms with Gasteiger partial charge in [0.15, 0.2) is 11.6 Å². The van der Waals surface area contributed by atoms with Crippen molar-refractivity contribution >= 4 is 27.8 Å². The number of nitrogens with zero attached hydrogens (tertiary/aromatic N) is 5. The molecule has 6 rings (SSSR count). The molecule has 0 amide bonds. The maximum atomic E-state index is 13.5. The number of nitrogens with two attached hydrogens (primary N) is 1. The van der Waals surface area contributed by atoms with Crippen LogP contribution in [0.3, 0.4) is 0 Å². The summed E-state index contributed by atoms with van der Waals surface area (Å²) in [4.78, 5) is 12.1. The number of nitrogen functional groups attached to an aromatic ring is 1. The third-order valence-electron chi connectivity index (χ3n) is 6.46. The van der Waals surface area contributed by atoms with E-state index in [0.717, 1.165) is 68.9 Å². The molecule has 188 valence electrons. The van der Waals surface area contributed by atoms with Gasteiger partial charge in [0.05, 0.1) is 18.4 Å². The summed E-state index contributed by atoms with van der Waals surface area (Å²) in [5, 5.41) is 10.2. The highest BCUT2D eigenvalue weighted by Crippen LogP contribution is 2.42. The molecule has 1 aromatic carbocycles. The molecule has 0 unspecified atom stereocenters. The monoisotopic (exact) mass is 491 g/mol. The van der Waals surface area contributed by atoms with Crippen LogP contribution in [-0.4, -0.2) is 37.0 Å². The molecule has 0 saturated heterocycles. The number of hydrogen-bond acceptors (Lipinski definition) is 7. The number of methoxy groups -OCH3 is 1. The molecule has 1 fully saturated rings. The SMILES string of the molecule is CC(C)n1nc(C2CC2)c(F)c1N.COc1cc2c(cc1-c1c(C)noc1C)[nH]c1nc(C)ncc12. The van der Waals surface area contributed by atoms with Crippen LogP contribution in [0, 0.1) is 26.6 Å². The molecule has 5 aromatic rings. The molecular weight excluding hydrogens is 461 g/mol. The third kappa shape index (κ3) is 4.06. The van der Waals surface area contributed by atoms with E-state index >= 15 is 0 Å². The van der Waals surface area contributed by atoms with Crippen LogP contribution in [0.5, 0.6) is 5.75 Å². The average Bonchev–Trinajstić information content (AvgIpc) is 3.46. The molecule has 0 radical (unpaired) electrons. The molecule has 3 N–H and O–H groups in total. The third-order valence-corrected chi connectivity index (χ3v) is 6.46. The van der Waals surface area contributed by atoms with E-state index in [9.17, 15) is 4.39 Å². The van der Waals surface area contributed by atoms with Gasteiger partial charge in [-0.15, -0.1) is 0 Å². The lowest BCUT2D eigenvalue weighted by Crippen LogP contribution is -2.07. The first-order chi connectivity index (χ1) is 17.2. The fourth-order valence-corrected chi connectivity index (χ4v) is 4.48. The van der Waals surface area contributed by atoms with Crippen molar-refractivity contribution in [1.29, 1.82) is 0 Å². The summed E-state index contributed by atoms with van der Waals surface area (Å²) in [6.07, 6.45) is 3.93. The zero-order chi connectivity index (χ0) is 25.7. The molecule has 1 saturated carbocycles. The summed E-state index contributed by atoms with van der Waals surface area (Å²) >= 11 is 0. The molecule has 0 aliphatic heterocycles. The number of ether oxygens (including phenoxy) is 1. The Morgan fingerprint density at radius 1 is 1.19 bits per heavy atom. The van der Waals surface area contributed by atoms with Gasteiger partial charge in [0.1, 0.15) is 28.7 Å².